The van der Waals surface area contributed by atoms with Gasteiger partial charge in [-0.25, -0.2) is 4.79 Å². The van der Waals surface area contributed by atoms with Crippen LogP contribution in [0.1, 0.15) is 40.9 Å². The number of aryl methyl sites for hydroxylation is 1. The zero-order chi connectivity index (χ0) is 19.2. The Labute approximate surface area is 159 Å². The van der Waals surface area contributed by atoms with Gasteiger partial charge in [-0.15, -0.1) is 0 Å². The van der Waals surface area contributed by atoms with Crippen LogP contribution >= 0.6 is 0 Å². The number of esters is 1. The lowest BCUT2D eigenvalue weighted by atomic mass is 10.0. The van der Waals surface area contributed by atoms with Crippen molar-refractivity contribution in [2.45, 2.75) is 26.3 Å². The number of carbonyl (C=O) groups is 2. The van der Waals surface area contributed by atoms with Crippen LogP contribution in [0.2, 0.25) is 0 Å². The fourth-order valence-electron chi connectivity index (χ4n) is 2.99. The minimum Gasteiger partial charge on any atom is -0.452 e. The van der Waals surface area contributed by atoms with Gasteiger partial charge in [0, 0.05) is 0 Å². The van der Waals surface area contributed by atoms with Gasteiger partial charge in [-0.05, 0) is 41.8 Å². The van der Waals surface area contributed by atoms with Crippen LogP contribution in [0.15, 0.2) is 66.7 Å². The number of fused-ring (bicyclic) bond motifs is 1. The topological polar surface area (TPSA) is 55.4 Å². The van der Waals surface area contributed by atoms with Crippen molar-refractivity contribution in [3.8, 4) is 0 Å². The molecular weight excluding hydrogens is 338 g/mol. The van der Waals surface area contributed by atoms with E-state index in [1.165, 1.54) is 5.56 Å². The summed E-state index contributed by atoms with van der Waals surface area (Å²) in [5, 5.41) is 4.93. The Hall–Kier alpha value is -3.14. The fourth-order valence-corrected chi connectivity index (χ4v) is 2.99. The third-order valence-electron chi connectivity index (χ3n) is 4.54. The molecule has 0 aromatic heterocycles. The second-order valence-corrected chi connectivity index (χ2v) is 6.58. The summed E-state index contributed by atoms with van der Waals surface area (Å²) < 4.78 is 5.19. The van der Waals surface area contributed by atoms with Crippen LogP contribution in [0.3, 0.4) is 0 Å². The van der Waals surface area contributed by atoms with Gasteiger partial charge in [0.05, 0.1) is 11.6 Å². The highest BCUT2D eigenvalue weighted by Gasteiger charge is 2.15. The summed E-state index contributed by atoms with van der Waals surface area (Å²) in [5.41, 5.74) is 2.65. The molecule has 0 fully saturated rings. The lowest BCUT2D eigenvalue weighted by molar-refractivity contribution is -0.125. The lowest BCUT2D eigenvalue weighted by Gasteiger charge is -2.17. The van der Waals surface area contributed by atoms with Gasteiger partial charge in [-0.3, -0.25) is 4.79 Å². The summed E-state index contributed by atoms with van der Waals surface area (Å²) in [7, 11) is 0. The summed E-state index contributed by atoms with van der Waals surface area (Å²) in [6.45, 7) is 3.73. The number of rotatable bonds is 6. The normalized spacial score (nSPS) is 11.8. The monoisotopic (exact) mass is 361 g/mol. The summed E-state index contributed by atoms with van der Waals surface area (Å²) >= 11 is 0. The molecule has 0 saturated heterocycles. The maximum Gasteiger partial charge on any atom is 0.338 e. The number of hydrogen-bond acceptors (Lipinski definition) is 3. The molecule has 0 radical (unpaired) electrons. The first-order chi connectivity index (χ1) is 13.1. The number of nitrogens with one attached hydrogen (secondary N) is 1. The van der Waals surface area contributed by atoms with E-state index in [0.29, 0.717) is 5.56 Å². The SMILES string of the molecule is CC[C@@H](NC(=O)COC(=O)c1ccc2ccccc2c1)c1ccc(C)cc1. The molecule has 0 aliphatic heterocycles. The van der Waals surface area contributed by atoms with E-state index in [1.807, 2.05) is 68.4 Å². The summed E-state index contributed by atoms with van der Waals surface area (Å²) in [4.78, 5) is 24.5. The Balaban J connectivity index is 1.58. The van der Waals surface area contributed by atoms with E-state index in [0.717, 1.165) is 22.8 Å². The Morgan fingerprint density at radius 2 is 1.67 bits per heavy atom. The number of hydrogen-bond donors (Lipinski definition) is 1. The lowest BCUT2D eigenvalue weighted by Crippen LogP contribution is -2.32. The van der Waals surface area contributed by atoms with Gasteiger partial charge in [-0.1, -0.05) is 67.1 Å². The summed E-state index contributed by atoms with van der Waals surface area (Å²) in [6, 6.07) is 21.1. The molecule has 1 amide bonds. The molecule has 1 N–H and O–H groups in total. The number of carbonyl (C=O) groups excluding carboxylic acids is 2. The van der Waals surface area contributed by atoms with E-state index < -0.39 is 5.97 Å². The van der Waals surface area contributed by atoms with E-state index in [4.69, 9.17) is 4.74 Å². The van der Waals surface area contributed by atoms with Crippen LogP contribution in [0, 0.1) is 6.92 Å². The molecule has 0 aliphatic carbocycles. The third kappa shape index (κ3) is 4.73. The molecule has 3 aromatic carbocycles. The maximum absolute atomic E-state index is 12.3. The molecule has 4 nitrogen and oxygen atoms in total. The van der Waals surface area contributed by atoms with Crippen LogP contribution in [-0.4, -0.2) is 18.5 Å². The summed E-state index contributed by atoms with van der Waals surface area (Å²) in [5.74, 6) is -0.809. The number of ether oxygens (including phenoxy) is 1. The van der Waals surface area contributed by atoms with Crippen molar-refractivity contribution in [3.63, 3.8) is 0 Å². The molecule has 0 unspecified atom stereocenters. The molecule has 138 valence electrons. The zero-order valence-corrected chi connectivity index (χ0v) is 15.6. The molecule has 0 saturated carbocycles. The first-order valence-electron chi connectivity index (χ1n) is 9.08. The van der Waals surface area contributed by atoms with Crippen molar-refractivity contribution in [1.29, 1.82) is 0 Å². The van der Waals surface area contributed by atoms with E-state index in [1.54, 1.807) is 12.1 Å². The highest BCUT2D eigenvalue weighted by atomic mass is 16.5. The van der Waals surface area contributed by atoms with Crippen molar-refractivity contribution >= 4 is 22.6 Å². The zero-order valence-electron chi connectivity index (χ0n) is 15.6. The molecule has 4 heteroatoms. The highest BCUT2D eigenvalue weighted by Crippen LogP contribution is 2.18. The van der Waals surface area contributed by atoms with Crippen LogP contribution in [0.5, 0.6) is 0 Å². The fraction of sp³-hybridized carbons (Fsp3) is 0.217. The Bertz CT molecular complexity index is 947. The van der Waals surface area contributed by atoms with Crippen molar-refractivity contribution in [2.75, 3.05) is 6.61 Å². The van der Waals surface area contributed by atoms with Crippen LogP contribution < -0.4 is 5.32 Å². The number of benzene rings is 3. The van der Waals surface area contributed by atoms with Gasteiger partial charge < -0.3 is 10.1 Å². The maximum atomic E-state index is 12.3. The van der Waals surface area contributed by atoms with Crippen LogP contribution in [-0.2, 0) is 9.53 Å². The van der Waals surface area contributed by atoms with Gasteiger partial charge >= 0.3 is 5.97 Å². The summed E-state index contributed by atoms with van der Waals surface area (Å²) in [6.07, 6.45) is 0.757. The quantitative estimate of drug-likeness (QED) is 0.654. The van der Waals surface area contributed by atoms with Crippen molar-refractivity contribution < 1.29 is 14.3 Å². The van der Waals surface area contributed by atoms with Crippen molar-refractivity contribution in [3.05, 3.63) is 83.4 Å². The van der Waals surface area contributed by atoms with Crippen LogP contribution in [0.4, 0.5) is 0 Å². The van der Waals surface area contributed by atoms with Gasteiger partial charge in [0.25, 0.3) is 5.91 Å². The first-order valence-corrected chi connectivity index (χ1v) is 9.08. The molecule has 0 bridgehead atoms. The predicted molar refractivity (Wildman–Crippen MR) is 107 cm³/mol. The molecule has 3 aromatic rings. The third-order valence-corrected chi connectivity index (χ3v) is 4.54. The van der Waals surface area contributed by atoms with Gasteiger partial charge in [-0.2, -0.15) is 0 Å². The first kappa shape index (κ1) is 18.6. The second kappa shape index (κ2) is 8.49. The molecule has 0 heterocycles. The molecule has 3 rings (SSSR count). The average molecular weight is 361 g/mol. The largest absolute Gasteiger partial charge is 0.452 e. The van der Waals surface area contributed by atoms with Gasteiger partial charge in [0.15, 0.2) is 6.61 Å². The number of amides is 1. The Morgan fingerprint density at radius 1 is 0.963 bits per heavy atom. The van der Waals surface area contributed by atoms with Crippen LogP contribution in [0.25, 0.3) is 10.8 Å². The minimum atomic E-state index is -0.501. The van der Waals surface area contributed by atoms with E-state index in [9.17, 15) is 9.59 Å². The molecule has 0 spiro atoms. The van der Waals surface area contributed by atoms with Crippen molar-refractivity contribution in [2.24, 2.45) is 0 Å². The van der Waals surface area contributed by atoms with E-state index >= 15 is 0 Å². The predicted octanol–water partition coefficient (Wildman–Crippen LogP) is 4.57. The molecule has 0 aliphatic rings. The van der Waals surface area contributed by atoms with Gasteiger partial charge in [0.1, 0.15) is 0 Å². The smallest absolute Gasteiger partial charge is 0.338 e. The molecule has 1 atom stereocenters. The highest BCUT2D eigenvalue weighted by molar-refractivity contribution is 5.96. The van der Waals surface area contributed by atoms with E-state index in [-0.39, 0.29) is 18.6 Å². The Kier molecular flexibility index (Phi) is 5.87. The standard InChI is InChI=1S/C23H23NO3/c1-3-21(18-10-8-16(2)9-11-18)24-22(25)15-27-23(26)20-13-12-17-6-4-5-7-19(17)14-20/h4-14,21H,3,15H2,1-2H3,(H,24,25)/t21-/m1/s1. The van der Waals surface area contributed by atoms with Crippen molar-refractivity contribution in [1.82, 2.24) is 5.32 Å². The average Bonchev–Trinajstić information content (AvgIpc) is 2.70. The minimum absolute atomic E-state index is 0.0996. The van der Waals surface area contributed by atoms with E-state index in [2.05, 4.69) is 5.32 Å². The Morgan fingerprint density at radius 3 is 2.37 bits per heavy atom. The second-order valence-electron chi connectivity index (χ2n) is 6.58. The van der Waals surface area contributed by atoms with Gasteiger partial charge in [0.2, 0.25) is 0 Å². The molecular formula is C23H23NO3. The molecule has 27 heavy (non-hydrogen) atoms.